The second-order valence-corrected chi connectivity index (χ2v) is 5.46. The monoisotopic (exact) mass is 406 g/mol. The summed E-state index contributed by atoms with van der Waals surface area (Å²) < 4.78 is 2.10. The molecule has 0 aromatic carbocycles. The molecule has 1 aromatic heterocycles. The molecule has 1 aliphatic heterocycles. The third-order valence-corrected chi connectivity index (χ3v) is 3.82. The zero-order chi connectivity index (χ0) is 14.4. The molecule has 1 unspecified atom stereocenters. The predicted molar refractivity (Wildman–Crippen MR) is 96.1 cm³/mol. The number of aryl methyl sites for hydroxylation is 1. The van der Waals surface area contributed by atoms with Crippen molar-refractivity contribution in [2.45, 2.75) is 39.7 Å². The molecule has 0 aliphatic carbocycles. The molecular formula is C14H27IN6. The van der Waals surface area contributed by atoms with Gasteiger partial charge in [0.15, 0.2) is 5.96 Å². The first-order valence-electron chi connectivity index (χ1n) is 7.56. The van der Waals surface area contributed by atoms with Crippen LogP contribution < -0.4 is 5.32 Å². The lowest BCUT2D eigenvalue weighted by Crippen LogP contribution is -2.46. The van der Waals surface area contributed by atoms with Gasteiger partial charge in [0.2, 0.25) is 0 Å². The van der Waals surface area contributed by atoms with Gasteiger partial charge in [-0.05, 0) is 18.8 Å². The van der Waals surface area contributed by atoms with Crippen LogP contribution in [0, 0.1) is 5.92 Å². The number of aromatic nitrogens is 3. The maximum Gasteiger partial charge on any atom is 0.193 e. The van der Waals surface area contributed by atoms with Crippen LogP contribution in [-0.4, -0.2) is 52.3 Å². The number of hydrogen-bond donors (Lipinski definition) is 1. The summed E-state index contributed by atoms with van der Waals surface area (Å²) in [4.78, 5) is 6.76. The van der Waals surface area contributed by atoms with Crippen molar-refractivity contribution in [2.75, 3.05) is 26.7 Å². The van der Waals surface area contributed by atoms with E-state index in [0.29, 0.717) is 0 Å². The largest absolute Gasteiger partial charge is 0.354 e. The molecule has 0 amide bonds. The van der Waals surface area contributed by atoms with Gasteiger partial charge in [-0.2, -0.15) is 0 Å². The van der Waals surface area contributed by atoms with Gasteiger partial charge in [-0.3, -0.25) is 4.99 Å². The summed E-state index contributed by atoms with van der Waals surface area (Å²) in [6.07, 6.45) is 5.30. The SMILES string of the molecule is CCc1nncn1CCNC(=NC)N1CCCC(C)C1.I. The molecule has 6 nitrogen and oxygen atoms in total. The van der Waals surface area contributed by atoms with Crippen molar-refractivity contribution in [3.63, 3.8) is 0 Å². The fourth-order valence-electron chi connectivity index (χ4n) is 2.74. The quantitative estimate of drug-likeness (QED) is 0.471. The zero-order valence-corrected chi connectivity index (χ0v) is 15.6. The highest BCUT2D eigenvalue weighted by atomic mass is 127. The van der Waals surface area contributed by atoms with Crippen LogP contribution >= 0.6 is 24.0 Å². The molecule has 0 spiro atoms. The molecule has 120 valence electrons. The van der Waals surface area contributed by atoms with Gasteiger partial charge in [0.25, 0.3) is 0 Å². The molecule has 1 aliphatic rings. The molecule has 21 heavy (non-hydrogen) atoms. The molecule has 2 heterocycles. The molecule has 0 saturated carbocycles. The van der Waals surface area contributed by atoms with Crippen LogP contribution in [0.25, 0.3) is 0 Å². The number of rotatable bonds is 4. The average Bonchev–Trinajstić information content (AvgIpc) is 2.91. The van der Waals surface area contributed by atoms with E-state index in [4.69, 9.17) is 0 Å². The fourth-order valence-corrected chi connectivity index (χ4v) is 2.74. The Kier molecular flexibility index (Phi) is 7.98. The minimum absolute atomic E-state index is 0. The average molecular weight is 406 g/mol. The van der Waals surface area contributed by atoms with Crippen molar-refractivity contribution >= 4 is 29.9 Å². The molecule has 1 N–H and O–H groups in total. The van der Waals surface area contributed by atoms with Crippen LogP contribution in [-0.2, 0) is 13.0 Å². The Morgan fingerprint density at radius 1 is 1.52 bits per heavy atom. The number of hydrogen-bond acceptors (Lipinski definition) is 3. The van der Waals surface area contributed by atoms with Crippen LogP contribution in [0.1, 0.15) is 32.5 Å². The molecule has 7 heteroatoms. The summed E-state index contributed by atoms with van der Waals surface area (Å²) in [7, 11) is 1.86. The lowest BCUT2D eigenvalue weighted by atomic mass is 10.0. The van der Waals surface area contributed by atoms with Gasteiger partial charge in [-0.25, -0.2) is 0 Å². The number of nitrogens with zero attached hydrogens (tertiary/aromatic N) is 5. The number of guanidine groups is 1. The van der Waals surface area contributed by atoms with Crippen molar-refractivity contribution in [3.05, 3.63) is 12.2 Å². The first kappa shape index (κ1) is 18.2. The Morgan fingerprint density at radius 2 is 2.33 bits per heavy atom. The number of piperidine rings is 1. The van der Waals surface area contributed by atoms with E-state index in [1.54, 1.807) is 6.33 Å². The smallest absolute Gasteiger partial charge is 0.193 e. The van der Waals surface area contributed by atoms with Gasteiger partial charge < -0.3 is 14.8 Å². The van der Waals surface area contributed by atoms with Gasteiger partial charge >= 0.3 is 0 Å². The lowest BCUT2D eigenvalue weighted by Gasteiger charge is -2.33. The minimum Gasteiger partial charge on any atom is -0.354 e. The number of aliphatic imine (C=N–C) groups is 1. The summed E-state index contributed by atoms with van der Waals surface area (Å²) in [6, 6.07) is 0. The first-order chi connectivity index (χ1) is 9.74. The third-order valence-electron chi connectivity index (χ3n) is 3.82. The van der Waals surface area contributed by atoms with Gasteiger partial charge in [-0.15, -0.1) is 34.2 Å². The zero-order valence-electron chi connectivity index (χ0n) is 13.2. The van der Waals surface area contributed by atoms with E-state index in [2.05, 4.69) is 43.8 Å². The highest BCUT2D eigenvalue weighted by Gasteiger charge is 2.18. The van der Waals surface area contributed by atoms with E-state index in [1.165, 1.54) is 12.8 Å². The Hall–Kier alpha value is -0.860. The standard InChI is InChI=1S/C14H26N6.HI/c1-4-13-18-17-11-20(13)9-7-16-14(15-3)19-8-5-6-12(2)10-19;/h11-12H,4-10H2,1-3H3,(H,15,16);1H. The van der Waals surface area contributed by atoms with E-state index >= 15 is 0 Å². The van der Waals surface area contributed by atoms with Crippen LogP contribution in [0.5, 0.6) is 0 Å². The molecule has 0 radical (unpaired) electrons. The normalized spacial score (nSPS) is 19.3. The van der Waals surface area contributed by atoms with E-state index in [9.17, 15) is 0 Å². The second-order valence-electron chi connectivity index (χ2n) is 5.46. The van der Waals surface area contributed by atoms with E-state index in [-0.39, 0.29) is 24.0 Å². The molecule has 1 atom stereocenters. The number of likely N-dealkylation sites (tertiary alicyclic amines) is 1. The van der Waals surface area contributed by atoms with Crippen LogP contribution in [0.15, 0.2) is 11.3 Å². The summed E-state index contributed by atoms with van der Waals surface area (Å²) in [5.41, 5.74) is 0. The van der Waals surface area contributed by atoms with Crippen molar-refractivity contribution in [1.29, 1.82) is 0 Å². The molecule has 1 fully saturated rings. The third kappa shape index (κ3) is 5.12. The van der Waals surface area contributed by atoms with Crippen LogP contribution in [0.2, 0.25) is 0 Å². The predicted octanol–water partition coefficient (Wildman–Crippen LogP) is 1.77. The Bertz CT molecular complexity index is 444. The Morgan fingerprint density at radius 3 is 3.00 bits per heavy atom. The number of nitrogens with one attached hydrogen (secondary N) is 1. The van der Waals surface area contributed by atoms with Gasteiger partial charge in [-0.1, -0.05) is 13.8 Å². The van der Waals surface area contributed by atoms with Gasteiger partial charge in [0, 0.05) is 39.6 Å². The highest BCUT2D eigenvalue weighted by Crippen LogP contribution is 2.15. The first-order valence-corrected chi connectivity index (χ1v) is 7.56. The summed E-state index contributed by atoms with van der Waals surface area (Å²) >= 11 is 0. The summed E-state index contributed by atoms with van der Waals surface area (Å²) in [5.74, 6) is 2.81. The lowest BCUT2D eigenvalue weighted by molar-refractivity contribution is 0.266. The van der Waals surface area contributed by atoms with Gasteiger partial charge in [0.05, 0.1) is 0 Å². The molecular weight excluding hydrogens is 379 g/mol. The summed E-state index contributed by atoms with van der Waals surface area (Å²) in [5, 5.41) is 11.5. The van der Waals surface area contributed by atoms with Crippen molar-refractivity contribution < 1.29 is 0 Å². The molecule has 0 bridgehead atoms. The van der Waals surface area contributed by atoms with E-state index in [0.717, 1.165) is 50.3 Å². The van der Waals surface area contributed by atoms with Gasteiger partial charge in [0.1, 0.15) is 12.2 Å². The van der Waals surface area contributed by atoms with Crippen LogP contribution in [0.3, 0.4) is 0 Å². The van der Waals surface area contributed by atoms with Crippen molar-refractivity contribution in [1.82, 2.24) is 25.0 Å². The van der Waals surface area contributed by atoms with Crippen molar-refractivity contribution in [3.8, 4) is 0 Å². The van der Waals surface area contributed by atoms with E-state index < -0.39 is 0 Å². The minimum atomic E-state index is 0. The Balaban J connectivity index is 0.00000220. The van der Waals surface area contributed by atoms with Crippen LogP contribution in [0.4, 0.5) is 0 Å². The maximum atomic E-state index is 4.40. The van der Waals surface area contributed by atoms with E-state index in [1.807, 2.05) is 7.05 Å². The topological polar surface area (TPSA) is 58.3 Å². The second kappa shape index (κ2) is 9.22. The number of halogens is 1. The summed E-state index contributed by atoms with van der Waals surface area (Å²) in [6.45, 7) is 8.34. The highest BCUT2D eigenvalue weighted by molar-refractivity contribution is 14.0. The molecule has 2 rings (SSSR count). The van der Waals surface area contributed by atoms with Crippen molar-refractivity contribution in [2.24, 2.45) is 10.9 Å². The fraction of sp³-hybridized carbons (Fsp3) is 0.786. The Labute approximate surface area is 144 Å². The molecule has 1 saturated heterocycles. The molecule has 1 aromatic rings. The maximum absolute atomic E-state index is 4.40.